The summed E-state index contributed by atoms with van der Waals surface area (Å²) in [7, 11) is 0. The number of nitrogens with one attached hydrogen (secondary N) is 1. The molecule has 0 saturated heterocycles. The fourth-order valence-corrected chi connectivity index (χ4v) is 8.45. The van der Waals surface area contributed by atoms with Crippen LogP contribution in [0.25, 0.3) is 0 Å². The standard InChI is InChI=1S/C63H111NO3/c1-3-5-7-9-11-13-15-17-19-21-23-25-27-28-29-30-31-32-33-34-35-36-37-39-41-43-45-47-49-51-53-55-57-59-63(67)64-61(60-65)62(66)58-56-54-52-50-48-46-44-42-40-38-26-24-22-20-18-16-14-12-10-8-6-4-2/h5,7,11,13,17,19,23,25,28-29,31-32,34-35,56,58,61-62,65-66H,3-4,6,8-10,12,14-16,18,20-22,24,26-27,30,33,36-55,57,59-60H2,1-2H3,(H,64,67)/b7-5-,13-11-,19-17-,25-23-,29-28-,32-31-,35-34-,58-56+. The Bertz CT molecular complexity index is 1240. The molecule has 1 amide bonds. The average molecular weight is 931 g/mol. The SMILES string of the molecule is CC/C=C\C/C=C\C/C=C\C/C=C\C/C=C\C/C=C\C/C=C\CCCCCCCCCCCCCC(=O)NC(CO)C(O)/C=C/CCCCCCCCCCCCCCCCCCCCCC. The van der Waals surface area contributed by atoms with E-state index in [2.05, 4.69) is 104 Å². The van der Waals surface area contributed by atoms with Gasteiger partial charge in [-0.05, 0) is 77.0 Å². The molecule has 0 aliphatic rings. The number of hydrogen-bond donors (Lipinski definition) is 3. The lowest BCUT2D eigenvalue weighted by atomic mass is 10.0. The summed E-state index contributed by atoms with van der Waals surface area (Å²) in [6, 6.07) is -0.630. The minimum absolute atomic E-state index is 0.0686. The van der Waals surface area contributed by atoms with Crippen molar-refractivity contribution in [1.29, 1.82) is 0 Å². The van der Waals surface area contributed by atoms with E-state index >= 15 is 0 Å². The number of aliphatic hydroxyl groups is 2. The Hall–Kier alpha value is -2.69. The first-order valence-corrected chi connectivity index (χ1v) is 29.0. The van der Waals surface area contributed by atoms with Crippen LogP contribution in [0, 0.1) is 0 Å². The molecule has 2 atom stereocenters. The summed E-state index contributed by atoms with van der Waals surface area (Å²) in [5.74, 6) is -0.0686. The molecule has 0 aromatic carbocycles. The highest BCUT2D eigenvalue weighted by atomic mass is 16.3. The van der Waals surface area contributed by atoms with Crippen LogP contribution in [0.2, 0.25) is 0 Å². The molecule has 67 heavy (non-hydrogen) atoms. The Morgan fingerprint density at radius 3 is 0.985 bits per heavy atom. The Morgan fingerprint density at radius 2 is 0.657 bits per heavy atom. The van der Waals surface area contributed by atoms with Crippen LogP contribution in [-0.4, -0.2) is 34.9 Å². The number of carbonyl (C=O) groups is 1. The third-order valence-corrected chi connectivity index (χ3v) is 12.8. The van der Waals surface area contributed by atoms with Gasteiger partial charge in [0.2, 0.25) is 5.91 Å². The highest BCUT2D eigenvalue weighted by molar-refractivity contribution is 5.76. The van der Waals surface area contributed by atoms with Crippen LogP contribution >= 0.6 is 0 Å². The lowest BCUT2D eigenvalue weighted by Crippen LogP contribution is -2.45. The van der Waals surface area contributed by atoms with E-state index in [-0.39, 0.29) is 12.5 Å². The molecular formula is C63H111NO3. The number of rotatable bonds is 52. The Kier molecular flexibility index (Phi) is 55.3. The summed E-state index contributed by atoms with van der Waals surface area (Å²) in [6.07, 6.45) is 85.6. The van der Waals surface area contributed by atoms with Gasteiger partial charge in [0.05, 0.1) is 18.8 Å². The third kappa shape index (κ3) is 54.1. The van der Waals surface area contributed by atoms with Crippen molar-refractivity contribution in [3.63, 3.8) is 0 Å². The molecule has 0 radical (unpaired) electrons. The van der Waals surface area contributed by atoms with E-state index < -0.39 is 12.1 Å². The first-order valence-electron chi connectivity index (χ1n) is 29.0. The number of amides is 1. The predicted octanol–water partition coefficient (Wildman–Crippen LogP) is 19.3. The van der Waals surface area contributed by atoms with Gasteiger partial charge in [-0.25, -0.2) is 0 Å². The van der Waals surface area contributed by atoms with Gasteiger partial charge in [-0.3, -0.25) is 4.79 Å². The zero-order valence-electron chi connectivity index (χ0n) is 44.4. The summed E-state index contributed by atoms with van der Waals surface area (Å²) in [4.78, 5) is 12.5. The van der Waals surface area contributed by atoms with Crippen molar-refractivity contribution in [2.45, 2.75) is 289 Å². The van der Waals surface area contributed by atoms with Gasteiger partial charge in [-0.1, -0.05) is 291 Å². The van der Waals surface area contributed by atoms with Crippen molar-refractivity contribution in [2.75, 3.05) is 6.61 Å². The van der Waals surface area contributed by atoms with Crippen LogP contribution in [-0.2, 0) is 4.79 Å². The lowest BCUT2D eigenvalue weighted by molar-refractivity contribution is -0.123. The quantitative estimate of drug-likeness (QED) is 0.0420. The van der Waals surface area contributed by atoms with Crippen LogP contribution in [0.4, 0.5) is 0 Å². The summed E-state index contributed by atoms with van der Waals surface area (Å²) in [6.45, 7) is 4.21. The second kappa shape index (κ2) is 57.6. The van der Waals surface area contributed by atoms with Crippen molar-refractivity contribution in [2.24, 2.45) is 0 Å². The van der Waals surface area contributed by atoms with Crippen molar-refractivity contribution in [1.82, 2.24) is 5.32 Å². The molecule has 0 aliphatic carbocycles. The summed E-state index contributed by atoms with van der Waals surface area (Å²) >= 11 is 0. The summed E-state index contributed by atoms with van der Waals surface area (Å²) in [5.41, 5.74) is 0. The number of hydrogen-bond acceptors (Lipinski definition) is 3. The second-order valence-electron chi connectivity index (χ2n) is 19.3. The zero-order valence-corrected chi connectivity index (χ0v) is 44.4. The van der Waals surface area contributed by atoms with Crippen molar-refractivity contribution in [3.8, 4) is 0 Å². The highest BCUT2D eigenvalue weighted by Crippen LogP contribution is 2.16. The molecular weight excluding hydrogens is 819 g/mol. The second-order valence-corrected chi connectivity index (χ2v) is 19.3. The number of aliphatic hydroxyl groups excluding tert-OH is 2. The van der Waals surface area contributed by atoms with Crippen molar-refractivity contribution in [3.05, 3.63) is 97.2 Å². The zero-order chi connectivity index (χ0) is 48.5. The molecule has 386 valence electrons. The van der Waals surface area contributed by atoms with Crippen LogP contribution in [0.15, 0.2) is 97.2 Å². The molecule has 4 nitrogen and oxygen atoms in total. The van der Waals surface area contributed by atoms with Gasteiger partial charge in [0, 0.05) is 6.42 Å². The van der Waals surface area contributed by atoms with Crippen molar-refractivity contribution < 1.29 is 15.0 Å². The molecule has 0 aromatic rings. The minimum atomic E-state index is -0.847. The van der Waals surface area contributed by atoms with Gasteiger partial charge in [0.25, 0.3) is 0 Å². The molecule has 0 heterocycles. The minimum Gasteiger partial charge on any atom is -0.394 e. The van der Waals surface area contributed by atoms with E-state index in [4.69, 9.17) is 0 Å². The molecule has 0 aromatic heterocycles. The van der Waals surface area contributed by atoms with Gasteiger partial charge in [0.15, 0.2) is 0 Å². The van der Waals surface area contributed by atoms with Gasteiger partial charge in [-0.2, -0.15) is 0 Å². The van der Waals surface area contributed by atoms with Crippen LogP contribution in [0.5, 0.6) is 0 Å². The molecule has 2 unspecified atom stereocenters. The van der Waals surface area contributed by atoms with Gasteiger partial charge >= 0.3 is 0 Å². The fraction of sp³-hybridized carbons (Fsp3) is 0.730. The van der Waals surface area contributed by atoms with E-state index in [0.717, 1.165) is 70.6 Å². The average Bonchev–Trinajstić information content (AvgIpc) is 3.33. The largest absolute Gasteiger partial charge is 0.394 e. The molecule has 0 saturated carbocycles. The lowest BCUT2D eigenvalue weighted by Gasteiger charge is -2.20. The van der Waals surface area contributed by atoms with E-state index in [1.807, 2.05) is 6.08 Å². The monoisotopic (exact) mass is 930 g/mol. The molecule has 0 aliphatic heterocycles. The predicted molar refractivity (Wildman–Crippen MR) is 299 cm³/mol. The van der Waals surface area contributed by atoms with E-state index in [1.54, 1.807) is 6.08 Å². The van der Waals surface area contributed by atoms with Gasteiger partial charge in [0.1, 0.15) is 0 Å². The number of carbonyl (C=O) groups excluding carboxylic acids is 1. The van der Waals surface area contributed by atoms with Crippen LogP contribution in [0.3, 0.4) is 0 Å². The van der Waals surface area contributed by atoms with E-state index in [0.29, 0.717) is 6.42 Å². The molecule has 3 N–H and O–H groups in total. The van der Waals surface area contributed by atoms with Crippen molar-refractivity contribution >= 4 is 5.91 Å². The topological polar surface area (TPSA) is 69.6 Å². The molecule has 0 spiro atoms. The van der Waals surface area contributed by atoms with Crippen LogP contribution in [0.1, 0.15) is 277 Å². The van der Waals surface area contributed by atoms with E-state index in [1.165, 1.54) is 186 Å². The Labute approximate surface area is 417 Å². The maximum Gasteiger partial charge on any atom is 0.220 e. The molecule has 0 fully saturated rings. The molecule has 0 rings (SSSR count). The Morgan fingerprint density at radius 1 is 0.373 bits per heavy atom. The molecule has 0 bridgehead atoms. The Balaban J connectivity index is 3.56. The first-order chi connectivity index (χ1) is 33.2. The van der Waals surface area contributed by atoms with Gasteiger partial charge in [-0.15, -0.1) is 0 Å². The highest BCUT2D eigenvalue weighted by Gasteiger charge is 2.18. The normalized spacial score (nSPS) is 13.6. The maximum absolute atomic E-state index is 12.5. The van der Waals surface area contributed by atoms with Gasteiger partial charge < -0.3 is 15.5 Å². The number of allylic oxidation sites excluding steroid dienone is 15. The first kappa shape index (κ1) is 64.3. The smallest absolute Gasteiger partial charge is 0.220 e. The maximum atomic E-state index is 12.5. The fourth-order valence-electron chi connectivity index (χ4n) is 8.45. The number of unbranched alkanes of at least 4 members (excludes halogenated alkanes) is 31. The van der Waals surface area contributed by atoms with E-state index in [9.17, 15) is 15.0 Å². The third-order valence-electron chi connectivity index (χ3n) is 12.8. The summed E-state index contributed by atoms with van der Waals surface area (Å²) < 4.78 is 0. The summed E-state index contributed by atoms with van der Waals surface area (Å²) in [5, 5.41) is 23.2. The molecule has 4 heteroatoms. The van der Waals surface area contributed by atoms with Crippen LogP contribution < -0.4 is 5.32 Å².